The van der Waals surface area contributed by atoms with Gasteiger partial charge in [0.05, 0.1) is 6.04 Å². The van der Waals surface area contributed by atoms with E-state index in [4.69, 9.17) is 4.98 Å². The number of carbonyl (C=O) groups excluding carboxylic acids is 1. The van der Waals surface area contributed by atoms with Crippen molar-refractivity contribution in [2.45, 2.75) is 53.0 Å². The average Bonchev–Trinajstić information content (AvgIpc) is 2.60. The second-order valence-electron chi connectivity index (χ2n) is 7.24. The number of nitrogens with zero attached hydrogens (tertiary/aromatic N) is 4. The Hall–Kier alpha value is -2.50. The summed E-state index contributed by atoms with van der Waals surface area (Å²) >= 11 is 0. The quantitative estimate of drug-likeness (QED) is 0.901. The molecule has 1 aliphatic heterocycles. The van der Waals surface area contributed by atoms with Gasteiger partial charge < -0.3 is 10.2 Å². The minimum atomic E-state index is -0.0513. The third kappa shape index (κ3) is 4.18. The number of pyridine rings is 1. The van der Waals surface area contributed by atoms with Crippen LogP contribution in [0.15, 0.2) is 24.3 Å². The van der Waals surface area contributed by atoms with Gasteiger partial charge >= 0.3 is 0 Å². The Balaban J connectivity index is 1.89. The number of amides is 1. The molecule has 1 amide bonds. The van der Waals surface area contributed by atoms with Crippen molar-refractivity contribution in [3.8, 4) is 0 Å². The van der Waals surface area contributed by atoms with Gasteiger partial charge in [0.2, 0.25) is 5.91 Å². The summed E-state index contributed by atoms with van der Waals surface area (Å²) < 4.78 is 0. The molecule has 3 rings (SSSR count). The molecule has 138 valence electrons. The first kappa shape index (κ1) is 18.3. The molecule has 1 N–H and O–H groups in total. The van der Waals surface area contributed by atoms with Crippen LogP contribution < -0.4 is 5.32 Å². The minimum Gasteiger partial charge on any atom is -0.332 e. The summed E-state index contributed by atoms with van der Waals surface area (Å²) in [5.74, 6) is 2.35. The molecule has 0 aliphatic carbocycles. The SMILES string of the molecule is Cc1cccc(Nc2cc(C)nc([C@@H]3CCCCN3C(=O)C(C)C)n2)n1. The smallest absolute Gasteiger partial charge is 0.225 e. The van der Waals surface area contributed by atoms with Crippen LogP contribution in [0.25, 0.3) is 0 Å². The molecule has 1 atom stereocenters. The zero-order valence-electron chi connectivity index (χ0n) is 16.0. The summed E-state index contributed by atoms with van der Waals surface area (Å²) in [5.41, 5.74) is 1.83. The van der Waals surface area contributed by atoms with E-state index >= 15 is 0 Å². The molecule has 2 aromatic rings. The van der Waals surface area contributed by atoms with E-state index in [9.17, 15) is 4.79 Å². The van der Waals surface area contributed by atoms with E-state index < -0.39 is 0 Å². The molecule has 1 aliphatic rings. The van der Waals surface area contributed by atoms with Gasteiger partial charge in [-0.15, -0.1) is 0 Å². The minimum absolute atomic E-state index is 0.0190. The van der Waals surface area contributed by atoms with Crippen molar-refractivity contribution >= 4 is 17.5 Å². The number of carbonyl (C=O) groups is 1. The number of anilines is 2. The third-order valence-electron chi connectivity index (χ3n) is 4.59. The number of piperidine rings is 1. The van der Waals surface area contributed by atoms with E-state index in [2.05, 4.69) is 15.3 Å². The summed E-state index contributed by atoms with van der Waals surface area (Å²) in [6.45, 7) is 8.58. The maximum Gasteiger partial charge on any atom is 0.225 e. The van der Waals surface area contributed by atoms with Crippen LogP contribution in [0.3, 0.4) is 0 Å². The van der Waals surface area contributed by atoms with Gasteiger partial charge in [0.15, 0.2) is 5.82 Å². The number of hydrogen-bond donors (Lipinski definition) is 1. The fraction of sp³-hybridized carbons (Fsp3) is 0.500. The fourth-order valence-corrected chi connectivity index (χ4v) is 3.34. The fourth-order valence-electron chi connectivity index (χ4n) is 3.34. The lowest BCUT2D eigenvalue weighted by Crippen LogP contribution is -2.41. The maximum atomic E-state index is 12.6. The van der Waals surface area contributed by atoms with Gasteiger partial charge in [0.25, 0.3) is 0 Å². The highest BCUT2D eigenvalue weighted by Gasteiger charge is 2.31. The summed E-state index contributed by atoms with van der Waals surface area (Å²) in [7, 11) is 0. The van der Waals surface area contributed by atoms with Gasteiger partial charge in [-0.05, 0) is 45.2 Å². The third-order valence-corrected chi connectivity index (χ3v) is 4.59. The van der Waals surface area contributed by atoms with Crippen LogP contribution in [0.5, 0.6) is 0 Å². The summed E-state index contributed by atoms with van der Waals surface area (Å²) in [6, 6.07) is 7.69. The molecule has 0 unspecified atom stereocenters. The predicted molar refractivity (Wildman–Crippen MR) is 102 cm³/mol. The Labute approximate surface area is 155 Å². The standard InChI is InChI=1S/C20H27N5O/c1-13(2)20(26)25-11-6-5-9-16(25)19-22-15(4)12-18(24-19)23-17-10-7-8-14(3)21-17/h7-8,10,12-13,16H,5-6,9,11H2,1-4H3,(H,21,22,23,24)/t16-/m0/s1. The molecular formula is C20H27N5O. The molecule has 0 aromatic carbocycles. The lowest BCUT2D eigenvalue weighted by molar-refractivity contribution is -0.138. The lowest BCUT2D eigenvalue weighted by Gasteiger charge is -2.36. The highest BCUT2D eigenvalue weighted by atomic mass is 16.2. The lowest BCUT2D eigenvalue weighted by atomic mass is 9.99. The molecule has 0 spiro atoms. The van der Waals surface area contributed by atoms with E-state index in [1.165, 1.54) is 0 Å². The van der Waals surface area contributed by atoms with Crippen LogP contribution in [0.4, 0.5) is 11.6 Å². The monoisotopic (exact) mass is 353 g/mol. The van der Waals surface area contributed by atoms with E-state index in [0.29, 0.717) is 11.6 Å². The van der Waals surface area contributed by atoms with Crippen molar-refractivity contribution in [3.05, 3.63) is 41.5 Å². The second kappa shape index (κ2) is 7.81. The Bertz CT molecular complexity index is 790. The zero-order valence-corrected chi connectivity index (χ0v) is 16.0. The molecule has 3 heterocycles. The predicted octanol–water partition coefficient (Wildman–Crippen LogP) is 3.94. The van der Waals surface area contributed by atoms with Gasteiger partial charge in [-0.2, -0.15) is 0 Å². The maximum absolute atomic E-state index is 12.6. The van der Waals surface area contributed by atoms with Gasteiger partial charge in [-0.25, -0.2) is 15.0 Å². The molecule has 0 saturated carbocycles. The molecule has 1 fully saturated rings. The molecule has 26 heavy (non-hydrogen) atoms. The first-order valence-corrected chi connectivity index (χ1v) is 9.31. The first-order valence-electron chi connectivity index (χ1n) is 9.31. The Morgan fingerprint density at radius 1 is 1.12 bits per heavy atom. The summed E-state index contributed by atoms with van der Waals surface area (Å²) in [6.07, 6.45) is 3.04. The number of likely N-dealkylation sites (tertiary alicyclic amines) is 1. The number of aryl methyl sites for hydroxylation is 2. The zero-order chi connectivity index (χ0) is 18.7. The van der Waals surface area contributed by atoms with E-state index in [0.717, 1.165) is 43.0 Å². The average molecular weight is 353 g/mol. The van der Waals surface area contributed by atoms with Crippen LogP contribution in [-0.2, 0) is 4.79 Å². The normalized spacial score (nSPS) is 17.4. The van der Waals surface area contributed by atoms with Crippen LogP contribution in [-0.4, -0.2) is 32.3 Å². The van der Waals surface area contributed by atoms with Crippen molar-refractivity contribution < 1.29 is 4.79 Å². The topological polar surface area (TPSA) is 71.0 Å². The molecule has 1 saturated heterocycles. The van der Waals surface area contributed by atoms with Crippen molar-refractivity contribution in [3.63, 3.8) is 0 Å². The molecule has 6 nitrogen and oxygen atoms in total. The number of hydrogen-bond acceptors (Lipinski definition) is 5. The van der Waals surface area contributed by atoms with Crippen molar-refractivity contribution in [1.29, 1.82) is 0 Å². The Morgan fingerprint density at radius 3 is 2.65 bits per heavy atom. The summed E-state index contributed by atoms with van der Waals surface area (Å²) in [4.78, 5) is 28.4. The molecule has 6 heteroatoms. The largest absolute Gasteiger partial charge is 0.332 e. The molecule has 0 radical (unpaired) electrons. The van der Waals surface area contributed by atoms with Crippen molar-refractivity contribution in [1.82, 2.24) is 19.9 Å². The van der Waals surface area contributed by atoms with E-state index in [1.54, 1.807) is 0 Å². The number of aromatic nitrogens is 3. The van der Waals surface area contributed by atoms with Gasteiger partial charge in [0.1, 0.15) is 11.6 Å². The van der Waals surface area contributed by atoms with Gasteiger partial charge in [-0.3, -0.25) is 4.79 Å². The molecule has 0 bridgehead atoms. The second-order valence-corrected chi connectivity index (χ2v) is 7.24. The van der Waals surface area contributed by atoms with Crippen molar-refractivity contribution in [2.24, 2.45) is 5.92 Å². The first-order chi connectivity index (χ1) is 12.4. The Kier molecular flexibility index (Phi) is 5.49. The highest BCUT2D eigenvalue weighted by Crippen LogP contribution is 2.31. The number of rotatable bonds is 4. The number of nitrogens with one attached hydrogen (secondary N) is 1. The van der Waals surface area contributed by atoms with E-state index in [-0.39, 0.29) is 17.9 Å². The molecular weight excluding hydrogens is 326 g/mol. The van der Waals surface area contributed by atoms with Gasteiger partial charge in [-0.1, -0.05) is 19.9 Å². The van der Waals surface area contributed by atoms with Crippen LogP contribution in [0, 0.1) is 19.8 Å². The van der Waals surface area contributed by atoms with Gasteiger partial charge in [0, 0.05) is 29.9 Å². The summed E-state index contributed by atoms with van der Waals surface area (Å²) in [5, 5.41) is 3.27. The highest BCUT2D eigenvalue weighted by molar-refractivity contribution is 5.78. The van der Waals surface area contributed by atoms with E-state index in [1.807, 2.05) is 56.9 Å². The van der Waals surface area contributed by atoms with Crippen LogP contribution in [0.1, 0.15) is 56.4 Å². The molecule has 2 aromatic heterocycles. The van der Waals surface area contributed by atoms with Crippen LogP contribution in [0.2, 0.25) is 0 Å². The van der Waals surface area contributed by atoms with Crippen LogP contribution >= 0.6 is 0 Å². The Morgan fingerprint density at radius 2 is 1.92 bits per heavy atom. The van der Waals surface area contributed by atoms with Crippen molar-refractivity contribution in [2.75, 3.05) is 11.9 Å².